The van der Waals surface area contributed by atoms with E-state index in [2.05, 4.69) is 26.5 Å². The normalized spacial score (nSPS) is 23.8. The van der Waals surface area contributed by atoms with Crippen molar-refractivity contribution in [3.8, 4) is 0 Å². The Labute approximate surface area is 518 Å². The topological polar surface area (TPSA) is 143 Å². The van der Waals surface area contributed by atoms with Crippen LogP contribution in [-0.4, -0.2) is 124 Å². The number of benzene rings is 2. The van der Waals surface area contributed by atoms with Gasteiger partial charge in [0.2, 0.25) is 11.8 Å². The second-order valence-electron chi connectivity index (χ2n) is 24.3. The first kappa shape index (κ1) is 62.7. The highest BCUT2D eigenvalue weighted by Gasteiger charge is 2.45. The maximum absolute atomic E-state index is 15.6. The Bertz CT molecular complexity index is 4110. The number of hydrogen-bond acceptors (Lipinski definition) is 12. The van der Waals surface area contributed by atoms with Gasteiger partial charge in [-0.1, -0.05) is 18.7 Å². The maximum Gasteiger partial charge on any atom is 0.417 e. The standard InChI is InChI=1S/C64H62F10N10O4S2/c1-6-49(85)83-34(2)26-79(27-35(83)3)58-45-25-47(64(72,73)74)52(41-11-18-62(67,68)19-12-41)56-54(45)82(60(88)78-58)31-43(33-90-56)48-23-38(13-22-76-48)7-8-50(86)84-36(4)28-80(29-37(84)5)57-44-24-46(63(69,70)71)51(40-9-16-61(65,66)17-10-40)55-53(44)81(59(87)77-57)30-42(32-89-55)39-14-20-75-21-15-39/h6-9,11,13-15,20-25,34-37,42-43H,1,10,12,16-19,26-33H2,2-5H3/b8-7-/t34-,35+,36-,37+,42-,43+/m0/s1. The summed E-state index contributed by atoms with van der Waals surface area (Å²) in [5, 5.41) is 0.0759. The lowest BCUT2D eigenvalue weighted by Crippen LogP contribution is -2.58. The fourth-order valence-corrected chi connectivity index (χ4v) is 16.8. The molecule has 2 amide bonds. The number of piperazine rings is 2. The van der Waals surface area contributed by atoms with Gasteiger partial charge in [-0.25, -0.2) is 27.2 Å². The molecule has 2 aromatic carbocycles. The fourth-order valence-electron chi connectivity index (χ4n) is 14.0. The number of carbonyl (C=O) groups is 2. The molecule has 4 aliphatic heterocycles. The minimum atomic E-state index is -4.97. The van der Waals surface area contributed by atoms with E-state index in [9.17, 15) is 36.7 Å². The summed E-state index contributed by atoms with van der Waals surface area (Å²) in [6.45, 7) is 11.0. The molecule has 14 nitrogen and oxygen atoms in total. The van der Waals surface area contributed by atoms with Crippen LogP contribution < -0.4 is 21.2 Å². The van der Waals surface area contributed by atoms with E-state index >= 15 is 26.3 Å². The molecule has 90 heavy (non-hydrogen) atoms. The molecular formula is C64H62F10N10O4S2. The molecule has 0 N–H and O–H groups in total. The molecule has 6 aliphatic rings. The second-order valence-corrected chi connectivity index (χ2v) is 26.4. The lowest BCUT2D eigenvalue weighted by atomic mass is 9.87. The first-order valence-electron chi connectivity index (χ1n) is 29.7. The number of anilines is 2. The number of allylic oxidation sites excluding steroid dienone is 4. The van der Waals surface area contributed by atoms with E-state index < -0.39 is 108 Å². The molecule has 0 spiro atoms. The molecule has 26 heteroatoms. The molecule has 0 radical (unpaired) electrons. The Hall–Kier alpha value is -7.48. The van der Waals surface area contributed by atoms with Gasteiger partial charge in [-0.3, -0.25) is 28.7 Å². The number of alkyl halides is 10. The molecule has 474 valence electrons. The zero-order valence-electron chi connectivity index (χ0n) is 49.4. The number of amides is 2. The Morgan fingerprint density at radius 2 is 1.08 bits per heavy atom. The average molecular weight is 1290 g/mol. The van der Waals surface area contributed by atoms with Gasteiger partial charge in [0.15, 0.2) is 0 Å². The monoisotopic (exact) mass is 1290 g/mol. The molecule has 8 heterocycles. The first-order valence-corrected chi connectivity index (χ1v) is 31.6. The van der Waals surface area contributed by atoms with Crippen LogP contribution in [0.4, 0.5) is 55.5 Å². The van der Waals surface area contributed by atoms with Gasteiger partial charge < -0.3 is 19.6 Å². The Balaban J connectivity index is 0.847. The van der Waals surface area contributed by atoms with Crippen molar-refractivity contribution in [3.05, 3.63) is 146 Å². The van der Waals surface area contributed by atoms with Crippen LogP contribution in [0.25, 0.3) is 39.0 Å². The van der Waals surface area contributed by atoms with Gasteiger partial charge in [0.25, 0.3) is 11.8 Å². The van der Waals surface area contributed by atoms with Crippen molar-refractivity contribution in [1.82, 2.24) is 38.9 Å². The van der Waals surface area contributed by atoms with E-state index in [1.54, 1.807) is 90.0 Å². The van der Waals surface area contributed by atoms with Crippen LogP contribution in [0.2, 0.25) is 0 Å². The smallest absolute Gasteiger partial charge is 0.352 e. The van der Waals surface area contributed by atoms with Gasteiger partial charge in [0.05, 0.1) is 22.2 Å². The van der Waals surface area contributed by atoms with Crippen molar-refractivity contribution in [2.75, 3.05) is 47.5 Å². The molecule has 0 unspecified atom stereocenters. The molecule has 12 rings (SSSR count). The van der Waals surface area contributed by atoms with Crippen molar-refractivity contribution in [2.24, 2.45) is 0 Å². The number of nitrogens with zero attached hydrogens (tertiary/aromatic N) is 10. The van der Waals surface area contributed by atoms with Crippen molar-refractivity contribution < 1.29 is 53.5 Å². The zero-order chi connectivity index (χ0) is 64.1. The number of carbonyl (C=O) groups excluding carboxylic acids is 2. The molecular weight excluding hydrogens is 1230 g/mol. The average Bonchev–Trinajstić information content (AvgIpc) is 1.96. The lowest BCUT2D eigenvalue weighted by Gasteiger charge is -2.44. The second kappa shape index (κ2) is 23.6. The highest BCUT2D eigenvalue weighted by molar-refractivity contribution is 7.99. The van der Waals surface area contributed by atoms with Crippen LogP contribution in [0.5, 0.6) is 0 Å². The van der Waals surface area contributed by atoms with E-state index in [1.165, 1.54) is 33.6 Å². The summed E-state index contributed by atoms with van der Waals surface area (Å²) >= 11 is 2.21. The molecule has 2 saturated heterocycles. The third-order valence-corrected chi connectivity index (χ3v) is 20.6. The number of aromatic nitrogens is 6. The van der Waals surface area contributed by atoms with Gasteiger partial charge >= 0.3 is 23.7 Å². The number of halogens is 10. The summed E-state index contributed by atoms with van der Waals surface area (Å²) in [5.41, 5.74) is -1.75. The predicted octanol–water partition coefficient (Wildman–Crippen LogP) is 12.9. The van der Waals surface area contributed by atoms with Gasteiger partial charge in [0, 0.05) is 175 Å². The Morgan fingerprint density at radius 1 is 0.622 bits per heavy atom. The number of pyridine rings is 2. The Kier molecular flexibility index (Phi) is 16.5. The molecule has 2 aliphatic carbocycles. The zero-order valence-corrected chi connectivity index (χ0v) is 51.0. The molecule has 0 saturated carbocycles. The predicted molar refractivity (Wildman–Crippen MR) is 326 cm³/mol. The highest BCUT2D eigenvalue weighted by atomic mass is 32.2. The molecule has 6 atom stereocenters. The first-order chi connectivity index (χ1) is 42.6. The van der Waals surface area contributed by atoms with Crippen LogP contribution in [0.15, 0.2) is 105 Å². The lowest BCUT2D eigenvalue weighted by molar-refractivity contribution is -0.138. The van der Waals surface area contributed by atoms with Crippen molar-refractivity contribution >= 4 is 86.0 Å². The van der Waals surface area contributed by atoms with Crippen LogP contribution in [0, 0.1) is 0 Å². The third-order valence-electron chi connectivity index (χ3n) is 18.1. The minimum Gasteiger partial charge on any atom is -0.352 e. The summed E-state index contributed by atoms with van der Waals surface area (Å²) in [7, 11) is 0. The SMILES string of the molecule is C=CC(=O)N1[C@H](C)CN(c2nc(=O)n3c4c(c(C5=CCC(F)(F)CC5)c(C(F)(F)F)cc24)SC[C@H](c2cc(/C=C\C(=O)N4[C@H](C)CN(c5nc(=O)n6c7c(c(C8=CCC(F)(F)CC8)c(C(F)(F)F)cc57)SC[C@@H](c5ccncc5)C6)C[C@@H]4C)ccn2)C3)C[C@@H]1C. The maximum atomic E-state index is 15.6. The number of thioether (sulfide) groups is 2. The molecule has 4 aromatic heterocycles. The number of hydrogen-bond donors (Lipinski definition) is 0. The van der Waals surface area contributed by atoms with Crippen LogP contribution in [0.3, 0.4) is 0 Å². The van der Waals surface area contributed by atoms with Gasteiger partial charge in [-0.15, -0.1) is 23.5 Å². The fraction of sp³-hybridized carbons (Fsp3) is 0.438. The Morgan fingerprint density at radius 3 is 1.52 bits per heavy atom. The van der Waals surface area contributed by atoms with E-state index in [0.717, 1.165) is 47.3 Å². The molecule has 0 bridgehead atoms. The van der Waals surface area contributed by atoms with Crippen molar-refractivity contribution in [1.29, 1.82) is 0 Å². The van der Waals surface area contributed by atoms with Gasteiger partial charge in [0.1, 0.15) is 11.6 Å². The molecule has 6 aromatic rings. The van der Waals surface area contributed by atoms with Crippen LogP contribution in [-0.2, 0) is 35.0 Å². The van der Waals surface area contributed by atoms with Crippen molar-refractivity contribution in [2.45, 2.75) is 149 Å². The summed E-state index contributed by atoms with van der Waals surface area (Å²) in [4.78, 5) is 80.9. The van der Waals surface area contributed by atoms with E-state index in [0.29, 0.717) is 11.3 Å². The minimum absolute atomic E-state index is 0.00690. The van der Waals surface area contributed by atoms with E-state index in [1.807, 2.05) is 0 Å². The highest BCUT2D eigenvalue weighted by Crippen LogP contribution is 2.53. The van der Waals surface area contributed by atoms with Crippen LogP contribution in [0.1, 0.15) is 117 Å². The molecule has 2 fully saturated rings. The largest absolute Gasteiger partial charge is 0.417 e. The quantitative estimate of drug-likeness (QED) is 0.100. The van der Waals surface area contributed by atoms with Gasteiger partial charge in [-0.05, 0) is 111 Å². The summed E-state index contributed by atoms with van der Waals surface area (Å²) < 4.78 is 154. The van der Waals surface area contributed by atoms with E-state index in [4.69, 9.17) is 0 Å². The van der Waals surface area contributed by atoms with Crippen LogP contribution >= 0.6 is 23.5 Å². The summed E-state index contributed by atoms with van der Waals surface area (Å²) in [6, 6.07) is 6.71. The number of rotatable bonds is 9. The van der Waals surface area contributed by atoms with Gasteiger partial charge in [-0.2, -0.15) is 36.3 Å². The van der Waals surface area contributed by atoms with E-state index in [-0.39, 0.29) is 141 Å². The summed E-state index contributed by atoms with van der Waals surface area (Å²) in [6.07, 6.45) is -2.29. The summed E-state index contributed by atoms with van der Waals surface area (Å²) in [5.74, 6) is -7.65. The third kappa shape index (κ3) is 11.8. The van der Waals surface area contributed by atoms with Crippen molar-refractivity contribution in [3.63, 3.8) is 0 Å².